The van der Waals surface area contributed by atoms with Crippen molar-refractivity contribution >= 4 is 0 Å². The Morgan fingerprint density at radius 2 is 1.26 bits per heavy atom. The first kappa shape index (κ1) is 32.7. The van der Waals surface area contributed by atoms with Crippen molar-refractivity contribution in [1.82, 2.24) is 0 Å². The predicted octanol–water partition coefficient (Wildman–Crippen LogP) is 5.47. The van der Waals surface area contributed by atoms with E-state index in [1.807, 2.05) is 33.8 Å². The van der Waals surface area contributed by atoms with Gasteiger partial charge < -0.3 is 24.2 Å². The molecule has 0 bridgehead atoms. The van der Waals surface area contributed by atoms with Gasteiger partial charge >= 0.3 is 0 Å². The molecule has 7 atom stereocenters. The second-order valence-corrected chi connectivity index (χ2v) is 11.3. The number of aliphatic hydroxyl groups excluding tert-OH is 3. The Balaban J connectivity index is 2.38. The molecule has 0 saturated carbocycles. The SMILES string of the molecule is CCc1oc(C(C)/C=C(\C)[C@H](O)[C@H](C)[C@@H](O)[C@@H](C)c2oc([C@H](C)[C@@H](O)CC)c(C)c(=O)c2C)c(C)c(=O)c1C. The maximum Gasteiger partial charge on any atom is 0.191 e. The largest absolute Gasteiger partial charge is 0.465 e. The van der Waals surface area contributed by atoms with Crippen LogP contribution in [0.25, 0.3) is 0 Å². The van der Waals surface area contributed by atoms with Gasteiger partial charge in [0.25, 0.3) is 0 Å². The fraction of sp³-hybridized carbons (Fsp3) is 0.625. The number of allylic oxidation sites excluding steroid dienone is 1. The van der Waals surface area contributed by atoms with E-state index in [1.54, 1.807) is 48.5 Å². The molecule has 7 nitrogen and oxygen atoms in total. The lowest BCUT2D eigenvalue weighted by molar-refractivity contribution is 0.0212. The molecule has 0 fully saturated rings. The Kier molecular flexibility index (Phi) is 11.1. The average molecular weight is 545 g/mol. The van der Waals surface area contributed by atoms with Gasteiger partial charge in [-0.05, 0) is 46.6 Å². The number of aryl methyl sites for hydroxylation is 1. The van der Waals surface area contributed by atoms with E-state index in [0.717, 1.165) is 0 Å². The first-order valence-corrected chi connectivity index (χ1v) is 14.1. The van der Waals surface area contributed by atoms with Crippen LogP contribution in [-0.2, 0) is 6.42 Å². The molecule has 7 heteroatoms. The zero-order chi connectivity index (χ0) is 29.9. The Hall–Kier alpha value is -2.48. The quantitative estimate of drug-likeness (QED) is 0.321. The summed E-state index contributed by atoms with van der Waals surface area (Å²) in [5, 5.41) is 32.9. The van der Waals surface area contributed by atoms with Crippen LogP contribution in [0.4, 0.5) is 0 Å². The number of rotatable bonds is 11. The molecule has 0 aromatic carbocycles. The van der Waals surface area contributed by atoms with Crippen molar-refractivity contribution in [3.63, 3.8) is 0 Å². The summed E-state index contributed by atoms with van der Waals surface area (Å²) in [7, 11) is 0. The molecule has 0 amide bonds. The third kappa shape index (κ3) is 6.64. The smallest absolute Gasteiger partial charge is 0.191 e. The molecule has 0 saturated heterocycles. The summed E-state index contributed by atoms with van der Waals surface area (Å²) >= 11 is 0. The van der Waals surface area contributed by atoms with Crippen molar-refractivity contribution in [3.8, 4) is 0 Å². The van der Waals surface area contributed by atoms with Gasteiger partial charge in [0.1, 0.15) is 23.0 Å². The highest BCUT2D eigenvalue weighted by Crippen LogP contribution is 2.33. The Bertz CT molecular complexity index is 1300. The van der Waals surface area contributed by atoms with Gasteiger partial charge in [0, 0.05) is 52.3 Å². The number of hydrogen-bond donors (Lipinski definition) is 3. The lowest BCUT2D eigenvalue weighted by Gasteiger charge is -2.30. The van der Waals surface area contributed by atoms with Crippen LogP contribution in [0.1, 0.15) is 118 Å². The van der Waals surface area contributed by atoms with E-state index in [9.17, 15) is 24.9 Å². The van der Waals surface area contributed by atoms with Crippen LogP contribution >= 0.6 is 0 Å². The predicted molar refractivity (Wildman–Crippen MR) is 155 cm³/mol. The van der Waals surface area contributed by atoms with E-state index in [1.165, 1.54) is 0 Å². The molecule has 2 aromatic heterocycles. The topological polar surface area (TPSA) is 121 Å². The lowest BCUT2D eigenvalue weighted by atomic mass is 9.83. The minimum atomic E-state index is -1.02. The van der Waals surface area contributed by atoms with Crippen molar-refractivity contribution in [3.05, 3.63) is 77.4 Å². The molecule has 3 N–H and O–H groups in total. The standard InChI is InChI=1S/C32H48O7/c1-12-24(33)17(5)31-22(10)29(37)23(11)32(39-31)21(9)28(36)19(7)26(34)15(3)14-16(4)30-20(8)27(35)18(6)25(13-2)38-30/h14,16-17,19,21,24,26,28,33-34,36H,12-13H2,1-11H3/b15-14+/t16?,17-,19+,21-,24+,26+,28-/m1/s1. The van der Waals surface area contributed by atoms with Crippen LogP contribution in [0.2, 0.25) is 0 Å². The van der Waals surface area contributed by atoms with Crippen molar-refractivity contribution in [2.24, 2.45) is 5.92 Å². The van der Waals surface area contributed by atoms with Crippen LogP contribution in [-0.4, -0.2) is 33.6 Å². The van der Waals surface area contributed by atoms with Gasteiger partial charge in [0.2, 0.25) is 0 Å². The normalized spacial score (nSPS) is 17.8. The summed E-state index contributed by atoms with van der Waals surface area (Å²) in [6.07, 6.45) is 0.332. The molecule has 218 valence electrons. The van der Waals surface area contributed by atoms with Gasteiger partial charge in [-0.3, -0.25) is 9.59 Å². The summed E-state index contributed by atoms with van der Waals surface area (Å²) in [6.45, 7) is 19.8. The molecule has 2 heterocycles. The average Bonchev–Trinajstić information content (AvgIpc) is 2.92. The van der Waals surface area contributed by atoms with E-state index < -0.39 is 30.1 Å². The first-order chi connectivity index (χ1) is 18.1. The molecule has 2 rings (SSSR count). The molecule has 0 aliphatic rings. The molecule has 39 heavy (non-hydrogen) atoms. The van der Waals surface area contributed by atoms with E-state index in [0.29, 0.717) is 63.7 Å². The summed E-state index contributed by atoms with van der Waals surface area (Å²) in [5.41, 5.74) is 2.50. The zero-order valence-electron chi connectivity index (χ0n) is 25.5. The molecule has 0 aliphatic heterocycles. The van der Waals surface area contributed by atoms with E-state index in [4.69, 9.17) is 8.83 Å². The van der Waals surface area contributed by atoms with Crippen molar-refractivity contribution in [2.45, 2.75) is 125 Å². The maximum atomic E-state index is 13.0. The third-order valence-electron chi connectivity index (χ3n) is 8.43. The van der Waals surface area contributed by atoms with Crippen molar-refractivity contribution in [2.75, 3.05) is 0 Å². The van der Waals surface area contributed by atoms with Gasteiger partial charge in [-0.25, -0.2) is 0 Å². The Morgan fingerprint density at radius 3 is 1.77 bits per heavy atom. The number of aliphatic hydroxyl groups is 3. The van der Waals surface area contributed by atoms with Gasteiger partial charge in [-0.1, -0.05) is 47.6 Å². The molecule has 0 aliphatic carbocycles. The molecule has 0 spiro atoms. The van der Waals surface area contributed by atoms with E-state index >= 15 is 0 Å². The fourth-order valence-corrected chi connectivity index (χ4v) is 5.53. The van der Waals surface area contributed by atoms with Gasteiger partial charge in [-0.2, -0.15) is 0 Å². The number of hydrogen-bond acceptors (Lipinski definition) is 7. The molecular weight excluding hydrogens is 496 g/mol. The van der Waals surface area contributed by atoms with E-state index in [-0.39, 0.29) is 22.7 Å². The highest BCUT2D eigenvalue weighted by atomic mass is 16.4. The summed E-state index contributed by atoms with van der Waals surface area (Å²) in [6, 6.07) is 0. The minimum absolute atomic E-state index is 0.0285. The van der Waals surface area contributed by atoms with E-state index in [2.05, 4.69) is 0 Å². The van der Waals surface area contributed by atoms with Crippen LogP contribution < -0.4 is 10.9 Å². The third-order valence-corrected chi connectivity index (χ3v) is 8.43. The molecule has 0 radical (unpaired) electrons. The zero-order valence-corrected chi connectivity index (χ0v) is 25.5. The first-order valence-electron chi connectivity index (χ1n) is 14.1. The van der Waals surface area contributed by atoms with Crippen LogP contribution in [0.3, 0.4) is 0 Å². The summed E-state index contributed by atoms with van der Waals surface area (Å²) < 4.78 is 12.3. The minimum Gasteiger partial charge on any atom is -0.465 e. The van der Waals surface area contributed by atoms with Crippen molar-refractivity contribution in [1.29, 1.82) is 0 Å². The second-order valence-electron chi connectivity index (χ2n) is 11.3. The monoisotopic (exact) mass is 544 g/mol. The lowest BCUT2D eigenvalue weighted by Crippen LogP contribution is -2.35. The Labute approximate surface area is 232 Å². The van der Waals surface area contributed by atoms with Gasteiger partial charge in [0.15, 0.2) is 10.9 Å². The van der Waals surface area contributed by atoms with Gasteiger partial charge in [0.05, 0.1) is 18.3 Å². The highest BCUT2D eigenvalue weighted by molar-refractivity contribution is 5.32. The molecular formula is C32H48O7. The second kappa shape index (κ2) is 13.2. The molecule has 1 unspecified atom stereocenters. The summed E-state index contributed by atoms with van der Waals surface area (Å²) in [4.78, 5) is 25.7. The molecule has 2 aromatic rings. The highest BCUT2D eigenvalue weighted by Gasteiger charge is 2.33. The summed E-state index contributed by atoms with van der Waals surface area (Å²) in [5.74, 6) is 0.215. The van der Waals surface area contributed by atoms with Crippen molar-refractivity contribution < 1.29 is 24.2 Å². The van der Waals surface area contributed by atoms with Gasteiger partial charge in [-0.15, -0.1) is 0 Å². The van der Waals surface area contributed by atoms with Crippen LogP contribution in [0.5, 0.6) is 0 Å². The fourth-order valence-electron chi connectivity index (χ4n) is 5.53. The van der Waals surface area contributed by atoms with Crippen LogP contribution in [0.15, 0.2) is 30.1 Å². The Morgan fingerprint density at radius 1 is 0.769 bits per heavy atom. The van der Waals surface area contributed by atoms with Crippen LogP contribution in [0, 0.1) is 33.6 Å². The maximum absolute atomic E-state index is 13.0.